The van der Waals surface area contributed by atoms with E-state index in [1.54, 1.807) is 6.07 Å². The number of rotatable bonds is 7. The number of hydrogen-bond acceptors (Lipinski definition) is 4. The molecule has 6 nitrogen and oxygen atoms in total. The standard InChI is InChI=1S/C25H31Cl2N3O3/c1-16(2)11-24(32)30-9-7-29(8-10-30)22-6-5-19(14-21(22)26)28-23(31)15-33-20-12-17(3)25(27)18(4)13-20/h5-6,12-14,16H,7-11,15H2,1-4H3,(H,28,31). The van der Waals surface area contributed by atoms with Crippen LogP contribution in [0.4, 0.5) is 11.4 Å². The van der Waals surface area contributed by atoms with Crippen molar-refractivity contribution >= 4 is 46.4 Å². The van der Waals surface area contributed by atoms with E-state index >= 15 is 0 Å². The Morgan fingerprint density at radius 2 is 1.67 bits per heavy atom. The highest BCUT2D eigenvalue weighted by molar-refractivity contribution is 6.33. The first-order chi connectivity index (χ1) is 15.6. The molecule has 1 saturated heterocycles. The molecule has 1 N–H and O–H groups in total. The van der Waals surface area contributed by atoms with E-state index in [0.29, 0.717) is 46.9 Å². The average Bonchev–Trinajstić information content (AvgIpc) is 2.76. The zero-order chi connectivity index (χ0) is 24.1. The monoisotopic (exact) mass is 491 g/mol. The lowest BCUT2D eigenvalue weighted by atomic mass is 10.1. The van der Waals surface area contributed by atoms with Gasteiger partial charge in [0.2, 0.25) is 5.91 Å². The van der Waals surface area contributed by atoms with Gasteiger partial charge in [-0.1, -0.05) is 37.0 Å². The van der Waals surface area contributed by atoms with Crippen molar-refractivity contribution in [2.45, 2.75) is 34.1 Å². The van der Waals surface area contributed by atoms with E-state index < -0.39 is 0 Å². The predicted octanol–water partition coefficient (Wildman–Crippen LogP) is 5.32. The van der Waals surface area contributed by atoms with Crippen LogP contribution in [0, 0.1) is 19.8 Å². The van der Waals surface area contributed by atoms with Crippen LogP contribution in [-0.4, -0.2) is 49.5 Å². The maximum atomic E-state index is 12.3. The first-order valence-corrected chi connectivity index (χ1v) is 11.9. The highest BCUT2D eigenvalue weighted by atomic mass is 35.5. The van der Waals surface area contributed by atoms with Gasteiger partial charge in [-0.05, 0) is 61.2 Å². The summed E-state index contributed by atoms with van der Waals surface area (Å²) in [6, 6.07) is 9.08. The fourth-order valence-corrected chi connectivity index (χ4v) is 4.26. The summed E-state index contributed by atoms with van der Waals surface area (Å²) in [5.74, 6) is 0.891. The Morgan fingerprint density at radius 1 is 1.03 bits per heavy atom. The van der Waals surface area contributed by atoms with E-state index in [1.165, 1.54) is 0 Å². The lowest BCUT2D eigenvalue weighted by Crippen LogP contribution is -2.49. The van der Waals surface area contributed by atoms with Crippen molar-refractivity contribution in [3.05, 3.63) is 51.5 Å². The summed E-state index contributed by atoms with van der Waals surface area (Å²) in [6.45, 7) is 10.6. The van der Waals surface area contributed by atoms with Crippen LogP contribution in [0.1, 0.15) is 31.4 Å². The van der Waals surface area contributed by atoms with Crippen LogP contribution in [0.2, 0.25) is 10.0 Å². The maximum absolute atomic E-state index is 12.3. The average molecular weight is 492 g/mol. The van der Waals surface area contributed by atoms with Crippen LogP contribution in [0.15, 0.2) is 30.3 Å². The largest absolute Gasteiger partial charge is 0.484 e. The van der Waals surface area contributed by atoms with Gasteiger partial charge in [-0.15, -0.1) is 0 Å². The van der Waals surface area contributed by atoms with Gasteiger partial charge in [-0.2, -0.15) is 0 Å². The molecule has 178 valence electrons. The number of carbonyl (C=O) groups is 2. The molecule has 1 aliphatic heterocycles. The summed E-state index contributed by atoms with van der Waals surface area (Å²) in [5.41, 5.74) is 3.31. The van der Waals surface area contributed by atoms with E-state index in [0.717, 1.165) is 29.9 Å². The van der Waals surface area contributed by atoms with Gasteiger partial charge in [0.1, 0.15) is 5.75 Å². The molecule has 0 saturated carbocycles. The number of nitrogens with zero attached hydrogens (tertiary/aromatic N) is 2. The molecular weight excluding hydrogens is 461 g/mol. The highest BCUT2D eigenvalue weighted by Gasteiger charge is 2.23. The predicted molar refractivity (Wildman–Crippen MR) is 135 cm³/mol. The van der Waals surface area contributed by atoms with Crippen molar-refractivity contribution in [3.63, 3.8) is 0 Å². The zero-order valence-electron chi connectivity index (χ0n) is 19.6. The van der Waals surface area contributed by atoms with Crippen molar-refractivity contribution in [3.8, 4) is 5.75 Å². The molecule has 2 aromatic carbocycles. The Bertz CT molecular complexity index is 995. The van der Waals surface area contributed by atoms with Crippen molar-refractivity contribution in [2.24, 2.45) is 5.92 Å². The lowest BCUT2D eigenvalue weighted by molar-refractivity contribution is -0.132. The van der Waals surface area contributed by atoms with Gasteiger partial charge >= 0.3 is 0 Å². The molecule has 0 bridgehead atoms. The Labute approximate surface area is 205 Å². The molecule has 0 radical (unpaired) electrons. The summed E-state index contributed by atoms with van der Waals surface area (Å²) < 4.78 is 5.61. The number of benzene rings is 2. The molecule has 0 aromatic heterocycles. The number of ether oxygens (including phenoxy) is 1. The van der Waals surface area contributed by atoms with Crippen molar-refractivity contribution < 1.29 is 14.3 Å². The number of aryl methyl sites for hydroxylation is 2. The molecule has 0 atom stereocenters. The van der Waals surface area contributed by atoms with Crippen LogP contribution in [0.3, 0.4) is 0 Å². The quantitative estimate of drug-likeness (QED) is 0.568. The number of hydrogen-bond donors (Lipinski definition) is 1. The topological polar surface area (TPSA) is 61.9 Å². The van der Waals surface area contributed by atoms with Crippen LogP contribution in [0.25, 0.3) is 0 Å². The molecule has 33 heavy (non-hydrogen) atoms. The normalized spacial score (nSPS) is 13.9. The second-order valence-corrected chi connectivity index (χ2v) is 9.63. The molecular formula is C25H31Cl2N3O3. The summed E-state index contributed by atoms with van der Waals surface area (Å²) in [7, 11) is 0. The van der Waals surface area contributed by atoms with Gasteiger partial charge in [0.05, 0.1) is 10.7 Å². The SMILES string of the molecule is Cc1cc(OCC(=O)Nc2ccc(N3CCN(C(=O)CC(C)C)CC3)c(Cl)c2)cc(C)c1Cl. The van der Waals surface area contributed by atoms with Crippen molar-refractivity contribution in [1.29, 1.82) is 0 Å². The van der Waals surface area contributed by atoms with Gasteiger partial charge in [-0.25, -0.2) is 0 Å². The van der Waals surface area contributed by atoms with Gasteiger partial charge < -0.3 is 19.9 Å². The van der Waals surface area contributed by atoms with Gasteiger partial charge in [0.15, 0.2) is 6.61 Å². The minimum Gasteiger partial charge on any atom is -0.484 e. The van der Waals surface area contributed by atoms with Gasteiger partial charge in [-0.3, -0.25) is 9.59 Å². The first-order valence-electron chi connectivity index (χ1n) is 11.2. The molecule has 0 spiro atoms. The molecule has 1 fully saturated rings. The van der Waals surface area contributed by atoms with Crippen molar-refractivity contribution in [1.82, 2.24) is 4.90 Å². The number of nitrogens with one attached hydrogen (secondary N) is 1. The Kier molecular flexibility index (Phi) is 8.49. The third kappa shape index (κ3) is 6.78. The minimum atomic E-state index is -0.277. The number of anilines is 2. The Morgan fingerprint density at radius 3 is 2.24 bits per heavy atom. The van der Waals surface area contributed by atoms with Crippen LogP contribution < -0.4 is 15.0 Å². The number of amides is 2. The van der Waals surface area contributed by atoms with E-state index in [2.05, 4.69) is 24.1 Å². The summed E-state index contributed by atoms with van der Waals surface area (Å²) in [6.07, 6.45) is 0.579. The maximum Gasteiger partial charge on any atom is 0.262 e. The molecule has 2 amide bonds. The molecule has 0 unspecified atom stereocenters. The van der Waals surface area contributed by atoms with E-state index in [9.17, 15) is 9.59 Å². The third-order valence-electron chi connectivity index (χ3n) is 5.57. The molecule has 1 aliphatic rings. The summed E-state index contributed by atoms with van der Waals surface area (Å²) in [4.78, 5) is 28.7. The number of piperazine rings is 1. The van der Waals surface area contributed by atoms with E-state index in [-0.39, 0.29) is 18.4 Å². The fraction of sp³-hybridized carbons (Fsp3) is 0.440. The van der Waals surface area contributed by atoms with E-state index in [4.69, 9.17) is 27.9 Å². The van der Waals surface area contributed by atoms with Crippen molar-refractivity contribution in [2.75, 3.05) is 43.0 Å². The molecule has 0 aliphatic carbocycles. The zero-order valence-corrected chi connectivity index (χ0v) is 21.1. The number of halogens is 2. The smallest absolute Gasteiger partial charge is 0.262 e. The first kappa shape index (κ1) is 25.2. The highest BCUT2D eigenvalue weighted by Crippen LogP contribution is 2.30. The summed E-state index contributed by atoms with van der Waals surface area (Å²) >= 11 is 12.7. The fourth-order valence-electron chi connectivity index (χ4n) is 3.85. The molecule has 8 heteroatoms. The van der Waals surface area contributed by atoms with Gasteiger partial charge in [0, 0.05) is 43.3 Å². The second-order valence-electron chi connectivity index (χ2n) is 8.84. The van der Waals surface area contributed by atoms with Crippen LogP contribution in [0.5, 0.6) is 5.75 Å². The second kappa shape index (κ2) is 11.1. The number of carbonyl (C=O) groups excluding carboxylic acids is 2. The third-order valence-corrected chi connectivity index (χ3v) is 6.47. The molecule has 2 aromatic rings. The Hall–Kier alpha value is -2.44. The summed E-state index contributed by atoms with van der Waals surface area (Å²) in [5, 5.41) is 4.07. The Balaban J connectivity index is 1.53. The minimum absolute atomic E-state index is 0.119. The molecule has 1 heterocycles. The van der Waals surface area contributed by atoms with Crippen LogP contribution >= 0.6 is 23.2 Å². The molecule has 3 rings (SSSR count). The van der Waals surface area contributed by atoms with Crippen LogP contribution in [-0.2, 0) is 9.59 Å². The van der Waals surface area contributed by atoms with Gasteiger partial charge in [0.25, 0.3) is 5.91 Å². The lowest BCUT2D eigenvalue weighted by Gasteiger charge is -2.36. The van der Waals surface area contributed by atoms with E-state index in [1.807, 2.05) is 43.0 Å².